The van der Waals surface area contributed by atoms with E-state index in [1.165, 1.54) is 0 Å². The maximum atomic E-state index is 11.1. The number of rotatable bonds is 8. The van der Waals surface area contributed by atoms with Crippen molar-refractivity contribution in [2.24, 2.45) is 5.73 Å². The molecule has 0 radical (unpaired) electrons. The third kappa shape index (κ3) is 7.90. The van der Waals surface area contributed by atoms with Crippen molar-refractivity contribution in [3.05, 3.63) is 0 Å². The number of nitrogens with two attached hydrogens (primary N) is 1. The number of carboxylic acid groups (broad SMARTS) is 1. The largest absolute Gasteiger partial charge is 0.480 e. The molecule has 1 unspecified atom stereocenters. The average Bonchev–Trinajstić information content (AvgIpc) is 2.20. The van der Waals surface area contributed by atoms with Crippen molar-refractivity contribution in [1.29, 1.82) is 0 Å². The summed E-state index contributed by atoms with van der Waals surface area (Å²) >= 11 is 0. The SMILES string of the molecule is CNCCC(=O)NCCCC(N)C(=O)O. The first kappa shape index (κ1) is 13.9. The summed E-state index contributed by atoms with van der Waals surface area (Å²) in [5.41, 5.74) is 5.29. The molecule has 6 nitrogen and oxygen atoms in total. The molecule has 0 aliphatic heterocycles. The van der Waals surface area contributed by atoms with E-state index in [2.05, 4.69) is 10.6 Å². The van der Waals surface area contributed by atoms with Crippen LogP contribution < -0.4 is 16.4 Å². The third-order valence-corrected chi connectivity index (χ3v) is 1.93. The minimum atomic E-state index is -1.00. The zero-order valence-electron chi connectivity index (χ0n) is 8.95. The van der Waals surface area contributed by atoms with Gasteiger partial charge in [0, 0.05) is 19.5 Å². The summed E-state index contributed by atoms with van der Waals surface area (Å²) in [6.45, 7) is 1.12. The van der Waals surface area contributed by atoms with Gasteiger partial charge in [-0.15, -0.1) is 0 Å². The van der Waals surface area contributed by atoms with E-state index in [1.807, 2.05) is 0 Å². The summed E-state index contributed by atoms with van der Waals surface area (Å²) in [5.74, 6) is -1.04. The van der Waals surface area contributed by atoms with E-state index in [0.29, 0.717) is 32.4 Å². The van der Waals surface area contributed by atoms with Crippen LogP contribution in [0.25, 0.3) is 0 Å². The zero-order valence-corrected chi connectivity index (χ0v) is 8.95. The van der Waals surface area contributed by atoms with Gasteiger partial charge in [0.15, 0.2) is 0 Å². The standard InChI is InChI=1S/C9H19N3O3/c1-11-6-4-8(13)12-5-2-3-7(10)9(14)15/h7,11H,2-6,10H2,1H3,(H,12,13)(H,14,15). The molecule has 0 heterocycles. The molecule has 88 valence electrons. The van der Waals surface area contributed by atoms with Crippen LogP contribution in [0.1, 0.15) is 19.3 Å². The fourth-order valence-electron chi connectivity index (χ4n) is 1.00. The van der Waals surface area contributed by atoms with Crippen molar-refractivity contribution >= 4 is 11.9 Å². The van der Waals surface area contributed by atoms with Gasteiger partial charge >= 0.3 is 5.97 Å². The molecule has 0 aliphatic rings. The molecule has 0 saturated carbocycles. The maximum Gasteiger partial charge on any atom is 0.320 e. The van der Waals surface area contributed by atoms with E-state index < -0.39 is 12.0 Å². The summed E-state index contributed by atoms with van der Waals surface area (Å²) < 4.78 is 0. The van der Waals surface area contributed by atoms with Gasteiger partial charge in [0.1, 0.15) is 6.04 Å². The van der Waals surface area contributed by atoms with E-state index in [0.717, 1.165) is 0 Å². The van der Waals surface area contributed by atoms with Crippen molar-refractivity contribution in [3.8, 4) is 0 Å². The molecular formula is C9H19N3O3. The van der Waals surface area contributed by atoms with Gasteiger partial charge in [-0.05, 0) is 19.9 Å². The van der Waals surface area contributed by atoms with Crippen molar-refractivity contribution in [2.45, 2.75) is 25.3 Å². The highest BCUT2D eigenvalue weighted by molar-refractivity contribution is 5.76. The lowest BCUT2D eigenvalue weighted by Gasteiger charge is -2.07. The molecule has 0 saturated heterocycles. The number of carbonyl (C=O) groups excluding carboxylic acids is 1. The Labute approximate surface area is 89.2 Å². The molecule has 15 heavy (non-hydrogen) atoms. The number of hydrogen-bond donors (Lipinski definition) is 4. The number of amides is 1. The predicted molar refractivity (Wildman–Crippen MR) is 56.4 cm³/mol. The van der Waals surface area contributed by atoms with Gasteiger partial charge in [-0.1, -0.05) is 0 Å². The normalized spacial score (nSPS) is 12.1. The van der Waals surface area contributed by atoms with E-state index >= 15 is 0 Å². The monoisotopic (exact) mass is 217 g/mol. The highest BCUT2D eigenvalue weighted by Crippen LogP contribution is 1.93. The highest BCUT2D eigenvalue weighted by Gasteiger charge is 2.10. The Hall–Kier alpha value is -1.14. The van der Waals surface area contributed by atoms with Gasteiger partial charge in [-0.2, -0.15) is 0 Å². The van der Waals surface area contributed by atoms with E-state index in [-0.39, 0.29) is 5.91 Å². The van der Waals surface area contributed by atoms with Crippen LogP contribution in [0.4, 0.5) is 0 Å². The van der Waals surface area contributed by atoms with E-state index in [4.69, 9.17) is 10.8 Å². The summed E-state index contributed by atoms with van der Waals surface area (Å²) in [6, 6.07) is -0.834. The Bertz CT molecular complexity index is 209. The lowest BCUT2D eigenvalue weighted by atomic mass is 10.2. The number of carboxylic acids is 1. The quantitative estimate of drug-likeness (QED) is 0.386. The maximum absolute atomic E-state index is 11.1. The molecule has 1 atom stereocenters. The summed E-state index contributed by atoms with van der Waals surface area (Å²) in [4.78, 5) is 21.4. The van der Waals surface area contributed by atoms with Crippen LogP contribution in [0.5, 0.6) is 0 Å². The molecule has 0 fully saturated rings. The molecule has 0 aromatic carbocycles. The lowest BCUT2D eigenvalue weighted by Crippen LogP contribution is -2.32. The van der Waals surface area contributed by atoms with Crippen LogP contribution in [0, 0.1) is 0 Å². The van der Waals surface area contributed by atoms with Gasteiger partial charge in [0.2, 0.25) is 5.91 Å². The molecule has 0 spiro atoms. The van der Waals surface area contributed by atoms with Crippen molar-refractivity contribution in [1.82, 2.24) is 10.6 Å². The molecular weight excluding hydrogens is 198 g/mol. The number of aliphatic carboxylic acids is 1. The van der Waals surface area contributed by atoms with Crippen LogP contribution in [0.15, 0.2) is 0 Å². The van der Waals surface area contributed by atoms with Crippen LogP contribution in [0.2, 0.25) is 0 Å². The Morgan fingerprint density at radius 3 is 2.60 bits per heavy atom. The highest BCUT2D eigenvalue weighted by atomic mass is 16.4. The second kappa shape index (κ2) is 8.19. The fourth-order valence-corrected chi connectivity index (χ4v) is 1.00. The van der Waals surface area contributed by atoms with E-state index in [1.54, 1.807) is 7.05 Å². The molecule has 1 amide bonds. The first-order chi connectivity index (χ1) is 7.07. The minimum absolute atomic E-state index is 0.0340. The average molecular weight is 217 g/mol. The van der Waals surface area contributed by atoms with Gasteiger partial charge < -0.3 is 21.5 Å². The first-order valence-corrected chi connectivity index (χ1v) is 4.97. The smallest absolute Gasteiger partial charge is 0.320 e. The molecule has 6 heteroatoms. The Kier molecular flexibility index (Phi) is 7.57. The molecule has 0 aromatic rings. The topological polar surface area (TPSA) is 104 Å². The molecule has 5 N–H and O–H groups in total. The predicted octanol–water partition coefficient (Wildman–Crippen LogP) is -1.10. The summed E-state index contributed by atoms with van der Waals surface area (Å²) in [7, 11) is 1.78. The molecule has 0 aromatic heterocycles. The summed E-state index contributed by atoms with van der Waals surface area (Å²) in [5, 5.41) is 14.0. The first-order valence-electron chi connectivity index (χ1n) is 4.97. The molecule has 0 bridgehead atoms. The Balaban J connectivity index is 3.38. The molecule has 0 rings (SSSR count). The van der Waals surface area contributed by atoms with E-state index in [9.17, 15) is 9.59 Å². The van der Waals surface area contributed by atoms with Crippen molar-refractivity contribution in [3.63, 3.8) is 0 Å². The number of nitrogens with one attached hydrogen (secondary N) is 2. The Morgan fingerprint density at radius 1 is 1.40 bits per heavy atom. The van der Waals surface area contributed by atoms with Crippen LogP contribution in [0.3, 0.4) is 0 Å². The minimum Gasteiger partial charge on any atom is -0.480 e. The van der Waals surface area contributed by atoms with Crippen LogP contribution in [-0.2, 0) is 9.59 Å². The third-order valence-electron chi connectivity index (χ3n) is 1.93. The fraction of sp³-hybridized carbons (Fsp3) is 0.778. The van der Waals surface area contributed by atoms with Gasteiger partial charge in [0.25, 0.3) is 0 Å². The van der Waals surface area contributed by atoms with Crippen LogP contribution >= 0.6 is 0 Å². The Morgan fingerprint density at radius 2 is 2.07 bits per heavy atom. The number of hydrogen-bond acceptors (Lipinski definition) is 4. The van der Waals surface area contributed by atoms with Crippen molar-refractivity contribution < 1.29 is 14.7 Å². The molecule has 0 aliphatic carbocycles. The second-order valence-corrected chi connectivity index (χ2v) is 3.29. The van der Waals surface area contributed by atoms with Gasteiger partial charge in [-0.3, -0.25) is 9.59 Å². The zero-order chi connectivity index (χ0) is 11.7. The number of carbonyl (C=O) groups is 2. The summed E-state index contributed by atoms with van der Waals surface area (Å²) in [6.07, 6.45) is 1.39. The van der Waals surface area contributed by atoms with Gasteiger partial charge in [0.05, 0.1) is 0 Å². The van der Waals surface area contributed by atoms with Gasteiger partial charge in [-0.25, -0.2) is 0 Å². The van der Waals surface area contributed by atoms with Crippen LogP contribution in [-0.4, -0.2) is 43.2 Å². The second-order valence-electron chi connectivity index (χ2n) is 3.29. The lowest BCUT2D eigenvalue weighted by molar-refractivity contribution is -0.138. The van der Waals surface area contributed by atoms with Crippen molar-refractivity contribution in [2.75, 3.05) is 20.1 Å².